The fourth-order valence-corrected chi connectivity index (χ4v) is 4.55. The summed E-state index contributed by atoms with van der Waals surface area (Å²) in [6.07, 6.45) is 13.1. The number of aryl methyl sites for hydroxylation is 1. The minimum Gasteiger partial charge on any atom is -0.335 e. The fourth-order valence-electron chi connectivity index (χ4n) is 4.55. The number of nitrogens with zero attached hydrogens (tertiary/aromatic N) is 3. The van der Waals surface area contributed by atoms with Crippen LogP contribution in [0.5, 0.6) is 0 Å². The Balaban J connectivity index is 1.34. The zero-order valence-electron chi connectivity index (χ0n) is 15.5. The summed E-state index contributed by atoms with van der Waals surface area (Å²) in [5.74, 6) is 2.51. The summed E-state index contributed by atoms with van der Waals surface area (Å²) in [5.41, 5.74) is 1.27. The smallest absolute Gasteiger partial charge is 0.317 e. The van der Waals surface area contributed by atoms with Gasteiger partial charge >= 0.3 is 6.03 Å². The van der Waals surface area contributed by atoms with Gasteiger partial charge < -0.3 is 14.8 Å². The number of rotatable bonds is 4. The number of hydrogen-bond acceptors (Lipinski definition) is 2. The molecule has 2 heterocycles. The first-order valence-corrected chi connectivity index (χ1v) is 10.3. The minimum absolute atomic E-state index is 0.168. The Hall–Kier alpha value is -1.52. The predicted molar refractivity (Wildman–Crippen MR) is 98.6 cm³/mol. The van der Waals surface area contributed by atoms with E-state index in [2.05, 4.69) is 26.7 Å². The SMILES string of the molecule is Cc1cnc(C2CC2)n1CC1CCCN(C(=O)NC2CCCCC2)C1. The van der Waals surface area contributed by atoms with Crippen molar-refractivity contribution < 1.29 is 4.79 Å². The molecule has 1 aromatic heterocycles. The Labute approximate surface area is 151 Å². The van der Waals surface area contributed by atoms with Crippen LogP contribution in [0.15, 0.2) is 6.20 Å². The number of urea groups is 1. The molecule has 2 amide bonds. The Morgan fingerprint density at radius 2 is 1.96 bits per heavy atom. The summed E-state index contributed by atoms with van der Waals surface area (Å²) in [4.78, 5) is 19.4. The third-order valence-electron chi connectivity index (χ3n) is 6.21. The van der Waals surface area contributed by atoms with E-state index >= 15 is 0 Å². The van der Waals surface area contributed by atoms with Gasteiger partial charge in [-0.15, -0.1) is 0 Å². The van der Waals surface area contributed by atoms with Gasteiger partial charge in [-0.1, -0.05) is 19.3 Å². The molecule has 5 heteroatoms. The number of piperidine rings is 1. The number of amides is 2. The second-order valence-corrected chi connectivity index (χ2v) is 8.38. The van der Waals surface area contributed by atoms with Crippen molar-refractivity contribution in [1.29, 1.82) is 0 Å². The third-order valence-corrected chi connectivity index (χ3v) is 6.21. The standard InChI is InChI=1S/C20H32N4O/c1-15-12-21-19(17-9-10-17)24(15)14-16-6-5-11-23(13-16)20(25)22-18-7-3-2-4-8-18/h12,16-18H,2-11,13-14H2,1H3,(H,22,25). The van der Waals surface area contributed by atoms with E-state index in [1.807, 2.05) is 6.20 Å². The van der Waals surface area contributed by atoms with E-state index in [1.54, 1.807) is 0 Å². The van der Waals surface area contributed by atoms with Gasteiger partial charge in [0.15, 0.2) is 0 Å². The summed E-state index contributed by atoms with van der Waals surface area (Å²) >= 11 is 0. The molecule has 138 valence electrons. The highest BCUT2D eigenvalue weighted by molar-refractivity contribution is 5.74. The van der Waals surface area contributed by atoms with Gasteiger partial charge in [-0.2, -0.15) is 0 Å². The molecular formula is C20H32N4O. The lowest BCUT2D eigenvalue weighted by Crippen LogP contribution is -2.49. The highest BCUT2D eigenvalue weighted by Gasteiger charge is 2.31. The van der Waals surface area contributed by atoms with Crippen LogP contribution >= 0.6 is 0 Å². The van der Waals surface area contributed by atoms with Gasteiger partial charge in [-0.3, -0.25) is 0 Å². The Morgan fingerprint density at radius 3 is 2.72 bits per heavy atom. The lowest BCUT2D eigenvalue weighted by molar-refractivity contribution is 0.153. The molecule has 1 atom stereocenters. The van der Waals surface area contributed by atoms with Crippen LogP contribution in [0.4, 0.5) is 4.79 Å². The Bertz CT molecular complexity index is 601. The van der Waals surface area contributed by atoms with E-state index < -0.39 is 0 Å². The summed E-state index contributed by atoms with van der Waals surface area (Å²) < 4.78 is 2.42. The molecule has 0 spiro atoms. The largest absolute Gasteiger partial charge is 0.335 e. The van der Waals surface area contributed by atoms with Crippen LogP contribution in [0.2, 0.25) is 0 Å². The molecule has 0 aromatic carbocycles. The van der Waals surface area contributed by atoms with E-state index in [0.717, 1.165) is 38.9 Å². The Kier molecular flexibility index (Phi) is 5.00. The number of nitrogens with one attached hydrogen (secondary N) is 1. The van der Waals surface area contributed by atoms with Crippen molar-refractivity contribution in [3.63, 3.8) is 0 Å². The summed E-state index contributed by atoms with van der Waals surface area (Å²) in [7, 11) is 0. The molecule has 1 N–H and O–H groups in total. The van der Waals surface area contributed by atoms with Gasteiger partial charge in [0, 0.05) is 43.5 Å². The molecule has 2 saturated carbocycles. The first kappa shape index (κ1) is 16.9. The second kappa shape index (κ2) is 7.38. The topological polar surface area (TPSA) is 50.2 Å². The third kappa shape index (κ3) is 4.01. The van der Waals surface area contributed by atoms with Crippen LogP contribution in [0, 0.1) is 12.8 Å². The molecule has 3 aliphatic rings. The van der Waals surface area contributed by atoms with E-state index in [1.165, 1.54) is 50.0 Å². The number of likely N-dealkylation sites (tertiary alicyclic amines) is 1. The van der Waals surface area contributed by atoms with Crippen LogP contribution in [-0.2, 0) is 6.54 Å². The molecule has 5 nitrogen and oxygen atoms in total. The van der Waals surface area contributed by atoms with E-state index in [0.29, 0.717) is 17.9 Å². The number of hydrogen-bond donors (Lipinski definition) is 1. The van der Waals surface area contributed by atoms with Gasteiger partial charge in [-0.25, -0.2) is 9.78 Å². The maximum Gasteiger partial charge on any atom is 0.317 e. The highest BCUT2D eigenvalue weighted by Crippen LogP contribution is 2.40. The van der Waals surface area contributed by atoms with E-state index in [-0.39, 0.29) is 6.03 Å². The molecule has 25 heavy (non-hydrogen) atoms. The molecule has 0 radical (unpaired) electrons. The predicted octanol–water partition coefficient (Wildman–Crippen LogP) is 3.82. The molecule has 2 aliphatic carbocycles. The average molecular weight is 345 g/mol. The van der Waals surface area contributed by atoms with Gasteiger partial charge in [0.25, 0.3) is 0 Å². The van der Waals surface area contributed by atoms with Crippen molar-refractivity contribution in [2.45, 2.75) is 83.2 Å². The zero-order chi connectivity index (χ0) is 17.2. The normalized spacial score (nSPS) is 25.2. The van der Waals surface area contributed by atoms with Gasteiger partial charge in [0.05, 0.1) is 0 Å². The fraction of sp³-hybridized carbons (Fsp3) is 0.800. The van der Waals surface area contributed by atoms with Crippen molar-refractivity contribution in [3.8, 4) is 0 Å². The lowest BCUT2D eigenvalue weighted by atomic mass is 9.95. The van der Waals surface area contributed by atoms with Crippen LogP contribution in [0.3, 0.4) is 0 Å². The number of imidazole rings is 1. The number of aromatic nitrogens is 2. The second-order valence-electron chi connectivity index (χ2n) is 8.38. The van der Waals surface area contributed by atoms with Crippen LogP contribution < -0.4 is 5.32 Å². The van der Waals surface area contributed by atoms with Crippen LogP contribution in [-0.4, -0.2) is 39.6 Å². The first-order valence-electron chi connectivity index (χ1n) is 10.3. The van der Waals surface area contributed by atoms with Crippen LogP contribution in [0.25, 0.3) is 0 Å². The quantitative estimate of drug-likeness (QED) is 0.902. The van der Waals surface area contributed by atoms with E-state index in [4.69, 9.17) is 0 Å². The van der Waals surface area contributed by atoms with Crippen LogP contribution in [0.1, 0.15) is 75.2 Å². The van der Waals surface area contributed by atoms with Crippen molar-refractivity contribution in [2.75, 3.05) is 13.1 Å². The zero-order valence-corrected chi connectivity index (χ0v) is 15.5. The molecule has 0 bridgehead atoms. The summed E-state index contributed by atoms with van der Waals surface area (Å²) in [6, 6.07) is 0.570. The van der Waals surface area contributed by atoms with Crippen molar-refractivity contribution >= 4 is 6.03 Å². The average Bonchev–Trinajstić information content (AvgIpc) is 3.41. The van der Waals surface area contributed by atoms with Crippen molar-refractivity contribution in [3.05, 3.63) is 17.7 Å². The molecule has 3 fully saturated rings. The van der Waals surface area contributed by atoms with Gasteiger partial charge in [0.1, 0.15) is 5.82 Å². The molecule has 1 aliphatic heterocycles. The molecule has 4 rings (SSSR count). The van der Waals surface area contributed by atoms with E-state index in [9.17, 15) is 4.79 Å². The maximum atomic E-state index is 12.7. The van der Waals surface area contributed by atoms with Crippen molar-refractivity contribution in [1.82, 2.24) is 19.8 Å². The summed E-state index contributed by atoms with van der Waals surface area (Å²) in [5, 5.41) is 3.29. The maximum absolute atomic E-state index is 12.7. The molecule has 1 aromatic rings. The molecule has 1 saturated heterocycles. The number of carbonyl (C=O) groups is 1. The van der Waals surface area contributed by atoms with Gasteiger partial charge in [-0.05, 0) is 51.4 Å². The molecule has 1 unspecified atom stereocenters. The minimum atomic E-state index is 0.168. The monoisotopic (exact) mass is 344 g/mol. The van der Waals surface area contributed by atoms with Crippen molar-refractivity contribution in [2.24, 2.45) is 5.92 Å². The number of carbonyl (C=O) groups excluding carboxylic acids is 1. The summed E-state index contributed by atoms with van der Waals surface area (Å²) in [6.45, 7) is 4.98. The Morgan fingerprint density at radius 1 is 1.16 bits per heavy atom. The van der Waals surface area contributed by atoms with Gasteiger partial charge in [0.2, 0.25) is 0 Å². The highest BCUT2D eigenvalue weighted by atomic mass is 16.2. The lowest BCUT2D eigenvalue weighted by Gasteiger charge is -2.35. The first-order chi connectivity index (χ1) is 12.2. The molecular weight excluding hydrogens is 312 g/mol.